The van der Waals surface area contributed by atoms with Crippen LogP contribution >= 0.6 is 0 Å². The number of hydrogen-bond donors (Lipinski definition) is 0. The molecule has 0 N–H and O–H groups in total. The maximum Gasteiger partial charge on any atom is 0.252 e. The second-order valence-corrected chi connectivity index (χ2v) is 5.49. The summed E-state index contributed by atoms with van der Waals surface area (Å²) in [6, 6.07) is 10.3. The van der Waals surface area contributed by atoms with Crippen molar-refractivity contribution in [1.29, 1.82) is 5.26 Å². The van der Waals surface area contributed by atoms with E-state index < -0.39 is 0 Å². The van der Waals surface area contributed by atoms with Gasteiger partial charge in [0.25, 0.3) is 5.82 Å². The predicted molar refractivity (Wildman–Crippen MR) is 79.6 cm³/mol. The number of carbonyl (C=O) groups excluding carboxylic acids is 1. The smallest absolute Gasteiger partial charge is 0.252 e. The topological polar surface area (TPSA) is 74.8 Å². The SMILES string of the molecule is CN(C(=O)Cn1cnc(C#N)n1)[C@@H]1CCCc2ccccc21. The third-order valence-corrected chi connectivity index (χ3v) is 4.13. The summed E-state index contributed by atoms with van der Waals surface area (Å²) >= 11 is 0. The molecule has 6 heteroatoms. The van der Waals surface area contributed by atoms with Gasteiger partial charge in [-0.3, -0.25) is 4.79 Å². The molecule has 3 rings (SSSR count). The number of fused-ring (bicyclic) bond motifs is 1. The minimum atomic E-state index is -0.0314. The van der Waals surface area contributed by atoms with Crippen LogP contribution in [0.25, 0.3) is 0 Å². The third-order valence-electron chi connectivity index (χ3n) is 4.13. The van der Waals surface area contributed by atoms with Crippen molar-refractivity contribution < 1.29 is 4.79 Å². The Morgan fingerprint density at radius 1 is 1.50 bits per heavy atom. The Morgan fingerprint density at radius 3 is 3.09 bits per heavy atom. The van der Waals surface area contributed by atoms with Gasteiger partial charge in [-0.1, -0.05) is 24.3 Å². The number of nitrogens with zero attached hydrogens (tertiary/aromatic N) is 5. The lowest BCUT2D eigenvalue weighted by Crippen LogP contribution is -2.35. The van der Waals surface area contributed by atoms with Crippen LogP contribution in [0.3, 0.4) is 0 Å². The molecule has 1 aromatic carbocycles. The van der Waals surface area contributed by atoms with E-state index in [-0.39, 0.29) is 24.3 Å². The number of likely N-dealkylation sites (N-methyl/N-ethyl adjacent to an activating group) is 1. The van der Waals surface area contributed by atoms with Gasteiger partial charge in [0, 0.05) is 7.05 Å². The quantitative estimate of drug-likeness (QED) is 0.863. The average Bonchev–Trinajstić information content (AvgIpc) is 3.01. The molecule has 0 spiro atoms. The number of amides is 1. The van der Waals surface area contributed by atoms with Gasteiger partial charge in [-0.15, -0.1) is 5.10 Å². The maximum atomic E-state index is 12.5. The van der Waals surface area contributed by atoms with E-state index in [4.69, 9.17) is 5.26 Å². The molecule has 1 atom stereocenters. The van der Waals surface area contributed by atoms with E-state index in [1.807, 2.05) is 25.2 Å². The van der Waals surface area contributed by atoms with Crippen molar-refractivity contribution >= 4 is 5.91 Å². The summed E-state index contributed by atoms with van der Waals surface area (Å²) in [5.74, 6) is 0.0505. The van der Waals surface area contributed by atoms with Gasteiger partial charge in [0.15, 0.2) is 0 Å². The fourth-order valence-electron chi connectivity index (χ4n) is 2.98. The fraction of sp³-hybridized carbons (Fsp3) is 0.375. The Labute approximate surface area is 129 Å². The molecule has 1 aliphatic carbocycles. The summed E-state index contributed by atoms with van der Waals surface area (Å²) in [5, 5.41) is 12.7. The summed E-state index contributed by atoms with van der Waals surface area (Å²) in [5.41, 5.74) is 2.56. The maximum absolute atomic E-state index is 12.5. The molecule has 2 aromatic rings. The summed E-state index contributed by atoms with van der Waals surface area (Å²) in [6.45, 7) is 0.101. The highest BCUT2D eigenvalue weighted by atomic mass is 16.2. The third kappa shape index (κ3) is 2.70. The van der Waals surface area contributed by atoms with Crippen LogP contribution < -0.4 is 0 Å². The zero-order chi connectivity index (χ0) is 15.5. The first-order chi connectivity index (χ1) is 10.7. The van der Waals surface area contributed by atoms with Gasteiger partial charge >= 0.3 is 0 Å². The van der Waals surface area contributed by atoms with E-state index in [0.717, 1.165) is 19.3 Å². The predicted octanol–water partition coefficient (Wildman–Crippen LogP) is 1.69. The summed E-state index contributed by atoms with van der Waals surface area (Å²) < 4.78 is 1.41. The van der Waals surface area contributed by atoms with Crippen molar-refractivity contribution in [3.05, 3.63) is 47.5 Å². The van der Waals surface area contributed by atoms with Crippen molar-refractivity contribution in [3.8, 4) is 6.07 Å². The molecular formula is C16H17N5O. The zero-order valence-corrected chi connectivity index (χ0v) is 12.4. The van der Waals surface area contributed by atoms with E-state index in [1.165, 1.54) is 22.1 Å². The monoisotopic (exact) mass is 295 g/mol. The molecule has 0 radical (unpaired) electrons. The van der Waals surface area contributed by atoms with E-state index >= 15 is 0 Å². The lowest BCUT2D eigenvalue weighted by Gasteiger charge is -2.33. The van der Waals surface area contributed by atoms with Crippen LogP contribution in [0.5, 0.6) is 0 Å². The van der Waals surface area contributed by atoms with Crippen LogP contribution in [0.1, 0.15) is 35.8 Å². The number of rotatable bonds is 3. The van der Waals surface area contributed by atoms with Crippen molar-refractivity contribution in [2.75, 3.05) is 7.05 Å². The van der Waals surface area contributed by atoms with Crippen molar-refractivity contribution in [2.24, 2.45) is 0 Å². The molecule has 0 saturated heterocycles. The number of benzene rings is 1. The van der Waals surface area contributed by atoms with Gasteiger partial charge < -0.3 is 4.90 Å². The van der Waals surface area contributed by atoms with Gasteiger partial charge in [-0.25, -0.2) is 9.67 Å². The first-order valence-electron chi connectivity index (χ1n) is 7.32. The van der Waals surface area contributed by atoms with E-state index in [0.29, 0.717) is 0 Å². The first-order valence-corrected chi connectivity index (χ1v) is 7.32. The van der Waals surface area contributed by atoms with Crippen molar-refractivity contribution in [2.45, 2.75) is 31.8 Å². The normalized spacial score (nSPS) is 16.6. The largest absolute Gasteiger partial charge is 0.337 e. The van der Waals surface area contributed by atoms with Crippen molar-refractivity contribution in [3.63, 3.8) is 0 Å². The van der Waals surface area contributed by atoms with E-state index in [1.54, 1.807) is 4.90 Å². The number of hydrogen-bond acceptors (Lipinski definition) is 4. The molecule has 0 aliphatic heterocycles. The lowest BCUT2D eigenvalue weighted by atomic mass is 9.87. The van der Waals surface area contributed by atoms with Gasteiger partial charge in [-0.05, 0) is 30.4 Å². The van der Waals surface area contributed by atoms with Crippen LogP contribution in [0, 0.1) is 11.3 Å². The van der Waals surface area contributed by atoms with Crippen LogP contribution in [0.15, 0.2) is 30.6 Å². The highest BCUT2D eigenvalue weighted by Crippen LogP contribution is 2.33. The number of carbonyl (C=O) groups is 1. The first kappa shape index (κ1) is 14.3. The second-order valence-electron chi connectivity index (χ2n) is 5.49. The number of aromatic nitrogens is 3. The Balaban J connectivity index is 1.75. The Kier molecular flexibility index (Phi) is 3.88. The summed E-state index contributed by atoms with van der Waals surface area (Å²) in [7, 11) is 1.83. The molecule has 1 aliphatic rings. The molecule has 0 unspecified atom stereocenters. The second kappa shape index (κ2) is 5.98. The molecule has 0 saturated carbocycles. The Morgan fingerprint density at radius 2 is 2.32 bits per heavy atom. The standard InChI is InChI=1S/C16H17N5O/c1-20(16(22)10-21-11-18-15(9-17)19-21)14-8-4-6-12-5-2-3-7-13(12)14/h2-3,5,7,11,14H,4,6,8,10H2,1H3/t14-/m1/s1. The molecule has 6 nitrogen and oxygen atoms in total. The van der Waals surface area contributed by atoms with Gasteiger partial charge in [0.2, 0.25) is 5.91 Å². The molecule has 112 valence electrons. The molecule has 0 bridgehead atoms. The lowest BCUT2D eigenvalue weighted by molar-refractivity contribution is -0.133. The van der Waals surface area contributed by atoms with Gasteiger partial charge in [-0.2, -0.15) is 5.26 Å². The average molecular weight is 295 g/mol. The van der Waals surface area contributed by atoms with Crippen LogP contribution in [0.2, 0.25) is 0 Å². The number of nitriles is 1. The fourth-order valence-corrected chi connectivity index (χ4v) is 2.98. The van der Waals surface area contributed by atoms with Crippen LogP contribution in [0.4, 0.5) is 0 Å². The van der Waals surface area contributed by atoms with E-state index in [2.05, 4.69) is 22.2 Å². The van der Waals surface area contributed by atoms with Crippen LogP contribution in [-0.2, 0) is 17.8 Å². The van der Waals surface area contributed by atoms with Gasteiger partial charge in [0.05, 0.1) is 6.04 Å². The zero-order valence-electron chi connectivity index (χ0n) is 12.4. The van der Waals surface area contributed by atoms with Gasteiger partial charge in [0.1, 0.15) is 18.9 Å². The molecular weight excluding hydrogens is 278 g/mol. The Bertz CT molecular complexity index is 730. The highest BCUT2D eigenvalue weighted by Gasteiger charge is 2.26. The molecule has 1 heterocycles. The molecule has 22 heavy (non-hydrogen) atoms. The molecule has 1 aromatic heterocycles. The van der Waals surface area contributed by atoms with E-state index in [9.17, 15) is 4.79 Å². The summed E-state index contributed by atoms with van der Waals surface area (Å²) in [6.07, 6.45) is 4.55. The number of aryl methyl sites for hydroxylation is 1. The minimum Gasteiger partial charge on any atom is -0.337 e. The highest BCUT2D eigenvalue weighted by molar-refractivity contribution is 5.76. The minimum absolute atomic E-state index is 0.0314. The van der Waals surface area contributed by atoms with Crippen LogP contribution in [-0.4, -0.2) is 32.6 Å². The van der Waals surface area contributed by atoms with Crippen molar-refractivity contribution in [1.82, 2.24) is 19.7 Å². The molecule has 1 amide bonds. The summed E-state index contributed by atoms with van der Waals surface area (Å²) in [4.78, 5) is 18.1. The molecule has 0 fully saturated rings. The Hall–Kier alpha value is -2.68.